The molecule has 0 spiro atoms. The number of imidazole rings is 1. The molecule has 1 atom stereocenters. The van der Waals surface area contributed by atoms with Crippen LogP contribution in [0.2, 0.25) is 10.0 Å². The number of hydrogen-bond acceptors (Lipinski definition) is 3. The van der Waals surface area contributed by atoms with Crippen LogP contribution in [0.3, 0.4) is 0 Å². The van der Waals surface area contributed by atoms with Gasteiger partial charge >= 0.3 is 0 Å². The van der Waals surface area contributed by atoms with Crippen molar-refractivity contribution >= 4 is 45.8 Å². The van der Waals surface area contributed by atoms with E-state index < -0.39 is 0 Å². The molecule has 4 rings (SSSR count). The normalized spacial score (nSPS) is 16.8. The molecule has 0 fully saturated rings. The van der Waals surface area contributed by atoms with Gasteiger partial charge in [-0.3, -0.25) is 4.79 Å². The third kappa shape index (κ3) is 2.56. The molecule has 8 heteroatoms. The van der Waals surface area contributed by atoms with E-state index in [-0.39, 0.29) is 11.9 Å². The Morgan fingerprint density at radius 1 is 1.31 bits per heavy atom. The predicted molar refractivity (Wildman–Crippen MR) is 104 cm³/mol. The first-order chi connectivity index (χ1) is 12.4. The number of benzene rings is 1. The summed E-state index contributed by atoms with van der Waals surface area (Å²) in [6, 6.07) is 3.66. The highest BCUT2D eigenvalue weighted by Gasteiger charge is 2.32. The van der Waals surface area contributed by atoms with E-state index in [1.807, 2.05) is 36.9 Å². The Hall–Kier alpha value is -2.18. The van der Waals surface area contributed by atoms with Crippen LogP contribution >= 0.6 is 23.2 Å². The van der Waals surface area contributed by atoms with Crippen molar-refractivity contribution in [2.45, 2.75) is 19.4 Å². The molecule has 136 valence electrons. The van der Waals surface area contributed by atoms with Gasteiger partial charge in [0.1, 0.15) is 5.82 Å². The van der Waals surface area contributed by atoms with E-state index in [2.05, 4.69) is 15.0 Å². The van der Waals surface area contributed by atoms with E-state index in [1.54, 1.807) is 12.3 Å². The van der Waals surface area contributed by atoms with Crippen LogP contribution < -0.4 is 4.90 Å². The summed E-state index contributed by atoms with van der Waals surface area (Å²) >= 11 is 12.5. The average molecular weight is 392 g/mol. The van der Waals surface area contributed by atoms with E-state index in [1.165, 1.54) is 0 Å². The van der Waals surface area contributed by atoms with Gasteiger partial charge in [0.05, 0.1) is 27.8 Å². The fourth-order valence-electron chi connectivity index (χ4n) is 3.60. The number of anilines is 1. The first-order valence-corrected chi connectivity index (χ1v) is 9.15. The number of hydrogen-bond donors (Lipinski definition) is 2. The second-order valence-electron chi connectivity index (χ2n) is 6.74. The van der Waals surface area contributed by atoms with Gasteiger partial charge in [-0.15, -0.1) is 0 Å². The monoisotopic (exact) mass is 391 g/mol. The standard InChI is InChI=1S/C18H19Cl2N5O/c1-9-14-10-4-5-11(19)15(20)16(10)22-12(14)6-7-25(9)18(26)17-21-8-13(23-17)24(2)3/h4-5,8-9,22H,6-7H2,1-3H3,(H,21,23)/t9-/m0/s1. The molecule has 3 heterocycles. The number of amides is 1. The molecule has 3 aromatic rings. The van der Waals surface area contributed by atoms with Gasteiger partial charge in [-0.2, -0.15) is 0 Å². The number of H-pyrrole nitrogens is 2. The SMILES string of the molecule is C[C@H]1c2c([nH]c3c(Cl)c(Cl)ccc23)CCN1C(=O)c1ncc(N(C)C)[nH]1. The van der Waals surface area contributed by atoms with Crippen molar-refractivity contribution in [2.24, 2.45) is 0 Å². The molecule has 0 unspecified atom stereocenters. The van der Waals surface area contributed by atoms with Crippen LogP contribution in [0.15, 0.2) is 18.3 Å². The zero-order chi connectivity index (χ0) is 18.6. The van der Waals surface area contributed by atoms with Crippen LogP contribution in [0.5, 0.6) is 0 Å². The molecule has 0 bridgehead atoms. The number of halogens is 2. The number of carbonyl (C=O) groups is 1. The van der Waals surface area contributed by atoms with E-state index in [9.17, 15) is 4.79 Å². The summed E-state index contributed by atoms with van der Waals surface area (Å²) in [4.78, 5) is 27.4. The summed E-state index contributed by atoms with van der Waals surface area (Å²) in [5.74, 6) is 1.04. The molecule has 1 aromatic carbocycles. The lowest BCUT2D eigenvalue weighted by Crippen LogP contribution is -2.39. The largest absolute Gasteiger partial charge is 0.363 e. The lowest BCUT2D eigenvalue weighted by Gasteiger charge is -2.33. The minimum Gasteiger partial charge on any atom is -0.363 e. The molecule has 0 aliphatic carbocycles. The van der Waals surface area contributed by atoms with Crippen molar-refractivity contribution in [1.82, 2.24) is 19.9 Å². The van der Waals surface area contributed by atoms with Gasteiger partial charge < -0.3 is 19.8 Å². The number of aromatic amines is 2. The predicted octanol–water partition coefficient (Wildman–Crippen LogP) is 4.02. The van der Waals surface area contributed by atoms with Gasteiger partial charge in [0.15, 0.2) is 5.82 Å². The Balaban J connectivity index is 1.72. The molecule has 1 amide bonds. The second-order valence-corrected chi connectivity index (χ2v) is 7.52. The minimum atomic E-state index is -0.106. The number of nitrogens with zero attached hydrogens (tertiary/aromatic N) is 3. The van der Waals surface area contributed by atoms with E-state index in [4.69, 9.17) is 23.2 Å². The van der Waals surface area contributed by atoms with Crippen molar-refractivity contribution in [1.29, 1.82) is 0 Å². The maximum absolute atomic E-state index is 13.0. The van der Waals surface area contributed by atoms with Crippen LogP contribution in [0.1, 0.15) is 34.8 Å². The Labute approximate surface area is 161 Å². The van der Waals surface area contributed by atoms with E-state index in [0.717, 1.165) is 34.4 Å². The minimum absolute atomic E-state index is 0.0925. The molecule has 0 radical (unpaired) electrons. The highest BCUT2D eigenvalue weighted by molar-refractivity contribution is 6.45. The van der Waals surface area contributed by atoms with Crippen molar-refractivity contribution in [3.63, 3.8) is 0 Å². The Bertz CT molecular complexity index is 1010. The number of carbonyl (C=O) groups excluding carboxylic acids is 1. The highest BCUT2D eigenvalue weighted by atomic mass is 35.5. The zero-order valence-corrected chi connectivity index (χ0v) is 16.2. The number of rotatable bonds is 2. The molecule has 6 nitrogen and oxygen atoms in total. The van der Waals surface area contributed by atoms with E-state index in [0.29, 0.717) is 22.4 Å². The Morgan fingerprint density at radius 2 is 2.08 bits per heavy atom. The summed E-state index contributed by atoms with van der Waals surface area (Å²) in [5, 5.41) is 2.04. The van der Waals surface area contributed by atoms with Crippen LogP contribution in [-0.2, 0) is 6.42 Å². The smallest absolute Gasteiger partial charge is 0.290 e. The van der Waals surface area contributed by atoms with Gasteiger partial charge in [0, 0.05) is 43.7 Å². The first kappa shape index (κ1) is 17.2. The fraction of sp³-hybridized carbons (Fsp3) is 0.333. The van der Waals surface area contributed by atoms with Crippen LogP contribution in [0.25, 0.3) is 10.9 Å². The van der Waals surface area contributed by atoms with Gasteiger partial charge in [-0.05, 0) is 13.0 Å². The summed E-state index contributed by atoms with van der Waals surface area (Å²) in [6.45, 7) is 2.64. The molecule has 1 aliphatic rings. The van der Waals surface area contributed by atoms with Crippen molar-refractivity contribution in [3.05, 3.63) is 45.5 Å². The number of aromatic nitrogens is 3. The Kier molecular flexibility index (Phi) is 4.12. The third-order valence-corrected chi connectivity index (χ3v) is 5.79. The lowest BCUT2D eigenvalue weighted by atomic mass is 9.97. The van der Waals surface area contributed by atoms with Gasteiger partial charge in [-0.25, -0.2) is 4.98 Å². The van der Waals surface area contributed by atoms with Gasteiger partial charge in [0.25, 0.3) is 5.91 Å². The summed E-state index contributed by atoms with van der Waals surface area (Å²) in [7, 11) is 3.80. The molecule has 0 saturated heterocycles. The van der Waals surface area contributed by atoms with Crippen LogP contribution in [0, 0.1) is 0 Å². The Morgan fingerprint density at radius 3 is 2.77 bits per heavy atom. The maximum Gasteiger partial charge on any atom is 0.290 e. The summed E-state index contributed by atoms with van der Waals surface area (Å²) in [5.41, 5.74) is 3.03. The van der Waals surface area contributed by atoms with Gasteiger partial charge in [-0.1, -0.05) is 29.3 Å². The molecule has 0 saturated carbocycles. The third-order valence-electron chi connectivity index (χ3n) is 4.98. The average Bonchev–Trinajstić information content (AvgIpc) is 3.23. The summed E-state index contributed by atoms with van der Waals surface area (Å²) < 4.78 is 0. The quantitative estimate of drug-likeness (QED) is 0.692. The topological polar surface area (TPSA) is 68.0 Å². The molecule has 1 aliphatic heterocycles. The first-order valence-electron chi connectivity index (χ1n) is 8.40. The van der Waals surface area contributed by atoms with Crippen molar-refractivity contribution in [3.8, 4) is 0 Å². The van der Waals surface area contributed by atoms with Crippen LogP contribution in [0.4, 0.5) is 5.82 Å². The molecule has 2 N–H and O–H groups in total. The van der Waals surface area contributed by atoms with Crippen molar-refractivity contribution in [2.75, 3.05) is 25.5 Å². The highest BCUT2D eigenvalue weighted by Crippen LogP contribution is 2.40. The number of fused-ring (bicyclic) bond motifs is 3. The molecule has 2 aromatic heterocycles. The van der Waals surface area contributed by atoms with Crippen LogP contribution in [-0.4, -0.2) is 46.4 Å². The maximum atomic E-state index is 13.0. The van der Waals surface area contributed by atoms with Gasteiger partial charge in [0.2, 0.25) is 0 Å². The summed E-state index contributed by atoms with van der Waals surface area (Å²) in [6.07, 6.45) is 2.40. The molecular weight excluding hydrogens is 373 g/mol. The van der Waals surface area contributed by atoms with E-state index >= 15 is 0 Å². The molecular formula is C18H19Cl2N5O. The second kappa shape index (κ2) is 6.21. The fourth-order valence-corrected chi connectivity index (χ4v) is 3.96. The van der Waals surface area contributed by atoms with Crippen molar-refractivity contribution < 1.29 is 4.79 Å². The zero-order valence-electron chi connectivity index (χ0n) is 14.7. The molecule has 26 heavy (non-hydrogen) atoms. The number of nitrogens with one attached hydrogen (secondary N) is 2. The lowest BCUT2D eigenvalue weighted by molar-refractivity contribution is 0.0667.